The van der Waals surface area contributed by atoms with E-state index in [1.807, 2.05) is 0 Å². The van der Waals surface area contributed by atoms with Gasteiger partial charge in [0.05, 0.1) is 0 Å². The van der Waals surface area contributed by atoms with E-state index in [0.717, 1.165) is 30.8 Å². The van der Waals surface area contributed by atoms with Gasteiger partial charge in [0.1, 0.15) is 0 Å². The molecule has 3 aromatic rings. The first-order valence-corrected chi connectivity index (χ1v) is 13.5. The Bertz CT molecular complexity index is 1230. The molecule has 1 atom stereocenters. The van der Waals surface area contributed by atoms with Crippen LogP contribution in [-0.4, -0.2) is 0 Å². The summed E-state index contributed by atoms with van der Waals surface area (Å²) in [6.45, 7) is 14.1. The van der Waals surface area contributed by atoms with Crippen molar-refractivity contribution >= 4 is 11.6 Å². The van der Waals surface area contributed by atoms with Crippen LogP contribution in [-0.2, 0) is 41.6 Å². The summed E-state index contributed by atoms with van der Waals surface area (Å²) in [5.41, 5.74) is 15.2. The Balaban J connectivity index is 1.75. The van der Waals surface area contributed by atoms with Crippen molar-refractivity contribution in [1.82, 2.24) is 0 Å². The fraction of sp³-hybridized carbons (Fsp3) is 0.333. The predicted octanol–water partition coefficient (Wildman–Crippen LogP) is 7.99. The van der Waals surface area contributed by atoms with Gasteiger partial charge >= 0.3 is 203 Å². The van der Waals surface area contributed by atoms with E-state index in [1.165, 1.54) is 38.9 Å². The summed E-state index contributed by atoms with van der Waals surface area (Å²) in [6, 6.07) is 20.9. The van der Waals surface area contributed by atoms with Crippen molar-refractivity contribution in [3.8, 4) is 11.1 Å². The molecular weight excluding hydrogens is 539 g/mol. The van der Waals surface area contributed by atoms with Crippen LogP contribution in [0.4, 0.5) is 0 Å². The van der Waals surface area contributed by atoms with Crippen LogP contribution in [0, 0.1) is 0 Å². The van der Waals surface area contributed by atoms with Gasteiger partial charge in [-0.2, -0.15) is 0 Å². The average molecular weight is 570 g/mol. The quantitative estimate of drug-likeness (QED) is 0.204. The van der Waals surface area contributed by atoms with Crippen molar-refractivity contribution in [2.24, 2.45) is 0 Å². The van der Waals surface area contributed by atoms with Gasteiger partial charge in [0.2, 0.25) is 0 Å². The summed E-state index contributed by atoms with van der Waals surface area (Å²) < 4.78 is 0.571. The zero-order valence-corrected chi connectivity index (χ0v) is 23.2. The summed E-state index contributed by atoms with van der Waals surface area (Å²) in [6.07, 6.45) is 3.53. The molecule has 31 heavy (non-hydrogen) atoms. The van der Waals surface area contributed by atoms with E-state index in [4.69, 9.17) is 0 Å². The monoisotopic (exact) mass is 571 g/mol. The van der Waals surface area contributed by atoms with Crippen molar-refractivity contribution in [3.63, 3.8) is 0 Å². The second-order valence-corrected chi connectivity index (χ2v) is 13.3. The first-order chi connectivity index (χ1) is 14.6. The molecule has 0 amide bonds. The molecule has 1 unspecified atom stereocenters. The average Bonchev–Trinajstić information content (AvgIpc) is 3.24. The minimum absolute atomic E-state index is 0.126. The molecule has 0 heterocycles. The van der Waals surface area contributed by atoms with Crippen molar-refractivity contribution in [2.75, 3.05) is 0 Å². The molecule has 0 aromatic heterocycles. The van der Waals surface area contributed by atoms with E-state index in [0.29, 0.717) is 3.67 Å². The number of hydrogen-bond acceptors (Lipinski definition) is 0. The van der Waals surface area contributed by atoms with Crippen LogP contribution in [0.5, 0.6) is 0 Å². The van der Waals surface area contributed by atoms with Gasteiger partial charge in [-0.25, -0.2) is 0 Å². The SMILES string of the molecule is CC(C)(C)c1cc(C2=Cc3ccccc3[CH]2[Hf])c2c(c1)-c1cccc(C(C)(C)C)c1C2. The van der Waals surface area contributed by atoms with E-state index < -0.39 is 0 Å². The van der Waals surface area contributed by atoms with Gasteiger partial charge in [-0.15, -0.1) is 0 Å². The maximum atomic E-state index is 2.52. The van der Waals surface area contributed by atoms with Crippen LogP contribution in [0.2, 0.25) is 0 Å². The topological polar surface area (TPSA) is 0 Å². The van der Waals surface area contributed by atoms with Crippen LogP contribution >= 0.6 is 0 Å². The Morgan fingerprint density at radius 1 is 0.742 bits per heavy atom. The van der Waals surface area contributed by atoms with Gasteiger partial charge in [0, 0.05) is 0 Å². The normalized spacial score (nSPS) is 17.2. The zero-order valence-electron chi connectivity index (χ0n) is 19.6. The number of rotatable bonds is 1. The van der Waals surface area contributed by atoms with Crippen molar-refractivity contribution in [3.05, 3.63) is 93.5 Å². The van der Waals surface area contributed by atoms with Gasteiger partial charge in [-0.05, 0) is 0 Å². The van der Waals surface area contributed by atoms with Crippen LogP contribution in [0.3, 0.4) is 0 Å². The van der Waals surface area contributed by atoms with Gasteiger partial charge in [0.15, 0.2) is 0 Å². The van der Waals surface area contributed by atoms with Gasteiger partial charge in [0.25, 0.3) is 0 Å². The van der Waals surface area contributed by atoms with Crippen LogP contribution in [0.15, 0.2) is 54.6 Å². The first kappa shape index (κ1) is 21.1. The molecule has 2 aliphatic rings. The van der Waals surface area contributed by atoms with Crippen molar-refractivity contribution < 1.29 is 24.4 Å². The number of allylic oxidation sites excluding steroid dienone is 1. The molecular formula is C30H31Hf. The summed E-state index contributed by atoms with van der Waals surface area (Å²) in [4.78, 5) is 0. The van der Waals surface area contributed by atoms with E-state index in [2.05, 4.69) is 102 Å². The second kappa shape index (κ2) is 7.14. The van der Waals surface area contributed by atoms with Gasteiger partial charge in [-0.3, -0.25) is 0 Å². The predicted molar refractivity (Wildman–Crippen MR) is 129 cm³/mol. The van der Waals surface area contributed by atoms with Crippen LogP contribution in [0.1, 0.15) is 84.2 Å². The van der Waals surface area contributed by atoms with E-state index in [1.54, 1.807) is 16.7 Å². The van der Waals surface area contributed by atoms with Crippen LogP contribution in [0.25, 0.3) is 22.8 Å². The second-order valence-electron chi connectivity index (χ2n) is 11.2. The molecule has 0 N–H and O–H groups in total. The Kier molecular flexibility index (Phi) is 4.87. The third-order valence-corrected chi connectivity index (χ3v) is 9.22. The molecule has 0 nitrogen and oxygen atoms in total. The number of benzene rings is 3. The fourth-order valence-electron chi connectivity index (χ4n) is 5.26. The van der Waals surface area contributed by atoms with Gasteiger partial charge < -0.3 is 0 Å². The number of hydrogen-bond donors (Lipinski definition) is 0. The molecule has 3 aromatic carbocycles. The molecule has 155 valence electrons. The number of fused-ring (bicyclic) bond motifs is 4. The Morgan fingerprint density at radius 2 is 1.45 bits per heavy atom. The molecule has 0 spiro atoms. The van der Waals surface area contributed by atoms with Crippen molar-refractivity contribution in [1.29, 1.82) is 0 Å². The minimum atomic E-state index is 0.126. The summed E-state index contributed by atoms with van der Waals surface area (Å²) in [5, 5.41) is 0. The Hall–Kier alpha value is -1.73. The summed E-state index contributed by atoms with van der Waals surface area (Å²) >= 11 is 1.14. The zero-order chi connectivity index (χ0) is 22.1. The molecule has 1 heteroatoms. The standard InChI is InChI=1S/C30H31.Hf/c1-29(2,3)22-16-24(21-14-19-10-7-8-11-20(19)15-21)26-18-27-23(25(26)17-22)12-9-13-28(27)30(4,5)6;/h7-17H,18H2,1-6H3;. The third-order valence-electron chi connectivity index (χ3n) is 6.98. The first-order valence-electron chi connectivity index (χ1n) is 11.4. The van der Waals surface area contributed by atoms with E-state index >= 15 is 0 Å². The molecule has 0 bridgehead atoms. The summed E-state index contributed by atoms with van der Waals surface area (Å²) in [7, 11) is 0. The molecule has 0 fully saturated rings. The van der Waals surface area contributed by atoms with Crippen molar-refractivity contribution in [2.45, 2.75) is 62.5 Å². The van der Waals surface area contributed by atoms with Gasteiger partial charge in [-0.1, -0.05) is 0 Å². The Labute approximate surface area is 202 Å². The van der Waals surface area contributed by atoms with E-state index in [9.17, 15) is 0 Å². The molecule has 0 aliphatic heterocycles. The summed E-state index contributed by atoms with van der Waals surface area (Å²) in [5.74, 6) is 0. The molecule has 0 saturated carbocycles. The molecule has 0 radical (unpaired) electrons. The third kappa shape index (κ3) is 3.44. The van der Waals surface area contributed by atoms with E-state index in [-0.39, 0.29) is 10.8 Å². The molecule has 2 aliphatic carbocycles. The fourth-order valence-corrected chi connectivity index (χ4v) is 7.06. The molecule has 0 saturated heterocycles. The van der Waals surface area contributed by atoms with Crippen LogP contribution < -0.4 is 0 Å². The maximum absolute atomic E-state index is 2.52. The Morgan fingerprint density at radius 3 is 2.13 bits per heavy atom. The molecule has 5 rings (SSSR count).